The van der Waals surface area contributed by atoms with Crippen LogP contribution in [0.3, 0.4) is 0 Å². The molecule has 0 aliphatic rings. The molecule has 1 aromatic rings. The van der Waals surface area contributed by atoms with Crippen molar-refractivity contribution in [1.82, 2.24) is 5.32 Å². The number of nitrogens with one attached hydrogen (secondary N) is 1. The maximum absolute atomic E-state index is 12.1. The predicted molar refractivity (Wildman–Crippen MR) is 67.8 cm³/mol. The van der Waals surface area contributed by atoms with Crippen molar-refractivity contribution >= 4 is 5.78 Å². The maximum atomic E-state index is 12.1. The van der Waals surface area contributed by atoms with Crippen LogP contribution in [0.1, 0.15) is 30.5 Å². The van der Waals surface area contributed by atoms with Gasteiger partial charge in [-0.3, -0.25) is 4.79 Å². The van der Waals surface area contributed by atoms with Crippen molar-refractivity contribution in [3.05, 3.63) is 34.9 Å². The van der Waals surface area contributed by atoms with Gasteiger partial charge in [0.05, 0.1) is 5.54 Å². The highest BCUT2D eigenvalue weighted by Crippen LogP contribution is 2.15. The lowest BCUT2D eigenvalue weighted by atomic mass is 9.91. The van der Waals surface area contributed by atoms with Gasteiger partial charge < -0.3 is 5.32 Å². The van der Waals surface area contributed by atoms with Crippen LogP contribution in [0.2, 0.25) is 0 Å². The number of carbonyl (C=O) groups excluding carboxylic acids is 1. The molecule has 1 N–H and O–H groups in total. The first kappa shape index (κ1) is 12.9. The van der Waals surface area contributed by atoms with Gasteiger partial charge >= 0.3 is 0 Å². The van der Waals surface area contributed by atoms with Crippen molar-refractivity contribution < 1.29 is 4.79 Å². The van der Waals surface area contributed by atoms with Crippen molar-refractivity contribution in [2.45, 2.75) is 39.7 Å². The number of hydrogen-bond acceptors (Lipinski definition) is 2. The van der Waals surface area contributed by atoms with E-state index >= 15 is 0 Å². The first-order valence-corrected chi connectivity index (χ1v) is 5.65. The molecule has 88 valence electrons. The largest absolute Gasteiger partial charge is 0.308 e. The summed E-state index contributed by atoms with van der Waals surface area (Å²) >= 11 is 0. The fourth-order valence-electron chi connectivity index (χ4n) is 1.52. The molecular formula is C14H21NO. The number of Topliss-reactive ketones (excluding diaryl/α,β-unsaturated/α-hetero) is 1. The number of likely N-dealkylation sites (N-methyl/N-ethyl adjacent to an activating group) is 1. The monoisotopic (exact) mass is 219 g/mol. The molecule has 2 heteroatoms. The summed E-state index contributed by atoms with van der Waals surface area (Å²) in [4.78, 5) is 12.1. The molecule has 0 fully saturated rings. The fourth-order valence-corrected chi connectivity index (χ4v) is 1.52. The Hall–Kier alpha value is -1.15. The first-order valence-electron chi connectivity index (χ1n) is 5.65. The van der Waals surface area contributed by atoms with Gasteiger partial charge in [0.25, 0.3) is 0 Å². The zero-order valence-electron chi connectivity index (χ0n) is 10.8. The quantitative estimate of drug-likeness (QED) is 0.842. The van der Waals surface area contributed by atoms with Gasteiger partial charge in [0.2, 0.25) is 0 Å². The molecule has 0 spiro atoms. The summed E-state index contributed by atoms with van der Waals surface area (Å²) in [5.74, 6) is 0.226. The second-order valence-corrected chi connectivity index (χ2v) is 4.90. The van der Waals surface area contributed by atoms with Crippen molar-refractivity contribution in [3.63, 3.8) is 0 Å². The van der Waals surface area contributed by atoms with E-state index in [1.165, 1.54) is 11.1 Å². The van der Waals surface area contributed by atoms with Crippen LogP contribution in [-0.4, -0.2) is 18.4 Å². The summed E-state index contributed by atoms with van der Waals surface area (Å²) < 4.78 is 0. The van der Waals surface area contributed by atoms with Crippen molar-refractivity contribution in [3.8, 4) is 0 Å². The molecule has 0 aliphatic heterocycles. The molecule has 0 unspecified atom stereocenters. The van der Waals surface area contributed by atoms with E-state index in [0.29, 0.717) is 6.42 Å². The minimum atomic E-state index is -0.448. The molecule has 1 aromatic carbocycles. The van der Waals surface area contributed by atoms with Crippen LogP contribution in [0.15, 0.2) is 18.2 Å². The Morgan fingerprint density at radius 3 is 2.50 bits per heavy atom. The summed E-state index contributed by atoms with van der Waals surface area (Å²) in [6.07, 6.45) is 0.501. The molecule has 0 aliphatic carbocycles. The third-order valence-electron chi connectivity index (χ3n) is 3.18. The van der Waals surface area contributed by atoms with E-state index in [0.717, 1.165) is 5.56 Å². The van der Waals surface area contributed by atoms with E-state index < -0.39 is 5.54 Å². The molecule has 2 nitrogen and oxygen atoms in total. The smallest absolute Gasteiger partial charge is 0.156 e. The number of benzene rings is 1. The number of rotatable bonds is 4. The molecule has 0 saturated carbocycles. The van der Waals surface area contributed by atoms with Gasteiger partial charge in [0.15, 0.2) is 5.78 Å². The molecule has 1 rings (SSSR count). The average Bonchev–Trinajstić information content (AvgIpc) is 2.23. The van der Waals surface area contributed by atoms with Crippen molar-refractivity contribution in [2.75, 3.05) is 7.05 Å². The Kier molecular flexibility index (Phi) is 3.87. The van der Waals surface area contributed by atoms with Crippen LogP contribution in [-0.2, 0) is 11.2 Å². The molecule has 16 heavy (non-hydrogen) atoms. The minimum Gasteiger partial charge on any atom is -0.308 e. The Labute approximate surface area is 98.1 Å². The summed E-state index contributed by atoms with van der Waals surface area (Å²) in [6, 6.07) is 6.25. The lowest BCUT2D eigenvalue weighted by molar-refractivity contribution is -0.123. The van der Waals surface area contributed by atoms with Crippen molar-refractivity contribution in [2.24, 2.45) is 0 Å². The predicted octanol–water partition coefficient (Wildman–Crippen LogP) is 2.41. The zero-order chi connectivity index (χ0) is 12.3. The molecule has 0 aromatic heterocycles. The Morgan fingerprint density at radius 2 is 1.94 bits per heavy atom. The van der Waals surface area contributed by atoms with Gasteiger partial charge in [-0.25, -0.2) is 0 Å². The van der Waals surface area contributed by atoms with Gasteiger partial charge in [0.1, 0.15) is 0 Å². The molecular weight excluding hydrogens is 198 g/mol. The number of carbonyl (C=O) groups is 1. The molecule has 0 amide bonds. The van der Waals surface area contributed by atoms with E-state index in [-0.39, 0.29) is 5.78 Å². The topological polar surface area (TPSA) is 29.1 Å². The van der Waals surface area contributed by atoms with E-state index in [1.54, 1.807) is 0 Å². The molecule has 0 saturated heterocycles. The van der Waals surface area contributed by atoms with Crippen LogP contribution in [0.25, 0.3) is 0 Å². The summed E-state index contributed by atoms with van der Waals surface area (Å²) in [6.45, 7) is 7.94. The normalized spacial score (nSPS) is 11.6. The lowest BCUT2D eigenvalue weighted by Crippen LogP contribution is -2.45. The van der Waals surface area contributed by atoms with Crippen LogP contribution in [0.5, 0.6) is 0 Å². The minimum absolute atomic E-state index is 0.226. The average molecular weight is 219 g/mol. The highest BCUT2D eigenvalue weighted by molar-refractivity contribution is 5.89. The number of aryl methyl sites for hydroxylation is 2. The number of hydrogen-bond donors (Lipinski definition) is 1. The Morgan fingerprint density at radius 1 is 1.31 bits per heavy atom. The Bertz CT molecular complexity index is 394. The third-order valence-corrected chi connectivity index (χ3v) is 3.18. The molecule has 0 atom stereocenters. The van der Waals surface area contributed by atoms with Gasteiger partial charge in [-0.15, -0.1) is 0 Å². The zero-order valence-corrected chi connectivity index (χ0v) is 10.8. The summed E-state index contributed by atoms with van der Waals surface area (Å²) in [5.41, 5.74) is 3.07. The van der Waals surface area contributed by atoms with Gasteiger partial charge in [-0.05, 0) is 45.9 Å². The highest BCUT2D eigenvalue weighted by atomic mass is 16.1. The van der Waals surface area contributed by atoms with E-state index in [1.807, 2.05) is 20.9 Å². The third kappa shape index (κ3) is 2.92. The lowest BCUT2D eigenvalue weighted by Gasteiger charge is -2.22. The van der Waals surface area contributed by atoms with Gasteiger partial charge in [0, 0.05) is 6.42 Å². The van der Waals surface area contributed by atoms with Crippen LogP contribution in [0.4, 0.5) is 0 Å². The molecule has 0 radical (unpaired) electrons. The second kappa shape index (κ2) is 4.79. The SMILES string of the molecule is CNC(C)(C)C(=O)Cc1cc(C)ccc1C. The van der Waals surface area contributed by atoms with Gasteiger partial charge in [-0.2, -0.15) is 0 Å². The molecule has 0 heterocycles. The van der Waals surface area contributed by atoms with Gasteiger partial charge in [-0.1, -0.05) is 23.8 Å². The molecule has 0 bridgehead atoms. The highest BCUT2D eigenvalue weighted by Gasteiger charge is 2.25. The van der Waals surface area contributed by atoms with E-state index in [4.69, 9.17) is 0 Å². The van der Waals surface area contributed by atoms with E-state index in [9.17, 15) is 4.79 Å². The van der Waals surface area contributed by atoms with Crippen LogP contribution < -0.4 is 5.32 Å². The van der Waals surface area contributed by atoms with E-state index in [2.05, 4.69) is 37.4 Å². The summed E-state index contributed by atoms with van der Waals surface area (Å²) in [7, 11) is 1.82. The van der Waals surface area contributed by atoms with Crippen molar-refractivity contribution in [1.29, 1.82) is 0 Å². The van der Waals surface area contributed by atoms with Crippen LogP contribution in [0, 0.1) is 13.8 Å². The second-order valence-electron chi connectivity index (χ2n) is 4.90. The number of ketones is 1. The fraction of sp³-hybridized carbons (Fsp3) is 0.500. The first-order chi connectivity index (χ1) is 7.36. The Balaban J connectivity index is 2.89. The summed E-state index contributed by atoms with van der Waals surface area (Å²) in [5, 5.41) is 3.05. The maximum Gasteiger partial charge on any atom is 0.156 e. The standard InChI is InChI=1S/C14H21NO/c1-10-6-7-11(2)12(8-10)9-13(16)14(3,4)15-5/h6-8,15H,9H2,1-5H3. The van der Waals surface area contributed by atoms with Crippen LogP contribution >= 0.6 is 0 Å².